The molecule has 0 radical (unpaired) electrons. The van der Waals surface area contributed by atoms with Gasteiger partial charge in [-0.25, -0.2) is 8.78 Å². The van der Waals surface area contributed by atoms with Crippen molar-refractivity contribution in [2.75, 3.05) is 12.4 Å². The lowest BCUT2D eigenvalue weighted by molar-refractivity contribution is 0.162. The molecule has 0 saturated heterocycles. The third kappa shape index (κ3) is 5.47. The topological polar surface area (TPSA) is 32.3 Å². The van der Waals surface area contributed by atoms with Crippen LogP contribution in [0.3, 0.4) is 0 Å². The maximum absolute atomic E-state index is 13.4. The summed E-state index contributed by atoms with van der Waals surface area (Å²) in [6.45, 7) is 5.95. The van der Waals surface area contributed by atoms with Crippen LogP contribution >= 0.6 is 11.8 Å². The zero-order valence-electron chi connectivity index (χ0n) is 11.5. The van der Waals surface area contributed by atoms with Crippen LogP contribution in [0.1, 0.15) is 27.2 Å². The molecule has 0 fully saturated rings. The minimum absolute atomic E-state index is 0.0113. The Labute approximate surface area is 117 Å². The van der Waals surface area contributed by atoms with E-state index in [0.29, 0.717) is 17.1 Å². The van der Waals surface area contributed by atoms with Crippen molar-refractivity contribution in [2.24, 2.45) is 0 Å². The van der Waals surface area contributed by atoms with E-state index in [2.05, 4.69) is 5.32 Å². The fraction of sp³-hybridized carbons (Fsp3) is 0.571. The van der Waals surface area contributed by atoms with E-state index in [4.69, 9.17) is 0 Å². The number of benzene rings is 1. The number of nitrogens with one attached hydrogen (secondary N) is 1. The van der Waals surface area contributed by atoms with Gasteiger partial charge in [-0.05, 0) is 37.3 Å². The molecule has 2 N–H and O–H groups in total. The lowest BCUT2D eigenvalue weighted by Crippen LogP contribution is -2.49. The summed E-state index contributed by atoms with van der Waals surface area (Å²) in [4.78, 5) is 0.310. The molecule has 1 aromatic carbocycles. The highest BCUT2D eigenvalue weighted by Crippen LogP contribution is 2.25. The van der Waals surface area contributed by atoms with Crippen LogP contribution in [0, 0.1) is 11.6 Å². The Hall–Kier alpha value is -0.650. The average molecular weight is 289 g/mol. The van der Waals surface area contributed by atoms with Crippen molar-refractivity contribution in [3.05, 3.63) is 29.8 Å². The van der Waals surface area contributed by atoms with Gasteiger partial charge >= 0.3 is 0 Å². The van der Waals surface area contributed by atoms with E-state index in [1.54, 1.807) is 0 Å². The van der Waals surface area contributed by atoms with Gasteiger partial charge in [-0.15, -0.1) is 11.8 Å². The maximum atomic E-state index is 13.4. The first-order chi connectivity index (χ1) is 8.86. The van der Waals surface area contributed by atoms with Gasteiger partial charge in [0.05, 0.1) is 6.61 Å². The fourth-order valence-corrected chi connectivity index (χ4v) is 3.04. The summed E-state index contributed by atoms with van der Waals surface area (Å²) in [6.07, 6.45) is 0.669. The predicted octanol–water partition coefficient (Wildman–Crippen LogP) is 3.20. The van der Waals surface area contributed by atoms with E-state index in [1.165, 1.54) is 17.8 Å². The normalized spacial score (nSPS) is 14.7. The fourth-order valence-electron chi connectivity index (χ4n) is 1.87. The molecule has 108 valence electrons. The summed E-state index contributed by atoms with van der Waals surface area (Å²) < 4.78 is 26.4. The van der Waals surface area contributed by atoms with Crippen molar-refractivity contribution in [3.63, 3.8) is 0 Å². The van der Waals surface area contributed by atoms with Crippen LogP contribution in [-0.4, -0.2) is 29.0 Å². The molecule has 0 aliphatic carbocycles. The molecule has 0 aliphatic rings. The number of aliphatic hydroxyl groups is 1. The molecule has 19 heavy (non-hydrogen) atoms. The first-order valence-electron chi connectivity index (χ1n) is 6.33. The van der Waals surface area contributed by atoms with Crippen molar-refractivity contribution in [2.45, 2.75) is 43.7 Å². The smallest absolute Gasteiger partial charge is 0.136 e. The van der Waals surface area contributed by atoms with Crippen LogP contribution in [0.5, 0.6) is 0 Å². The Morgan fingerprint density at radius 1 is 1.37 bits per heavy atom. The Bertz CT molecular complexity index is 414. The predicted molar refractivity (Wildman–Crippen MR) is 75.5 cm³/mol. The average Bonchev–Trinajstić information content (AvgIpc) is 2.32. The summed E-state index contributed by atoms with van der Waals surface area (Å²) in [6, 6.07) is 3.70. The summed E-state index contributed by atoms with van der Waals surface area (Å²) >= 11 is 1.26. The van der Waals surface area contributed by atoms with E-state index >= 15 is 0 Å². The molecular weight excluding hydrogens is 268 g/mol. The first-order valence-corrected chi connectivity index (χ1v) is 7.31. The number of hydrogen-bond acceptors (Lipinski definition) is 3. The van der Waals surface area contributed by atoms with E-state index in [1.807, 2.05) is 20.8 Å². The van der Waals surface area contributed by atoms with Gasteiger partial charge < -0.3 is 10.4 Å². The Morgan fingerprint density at radius 3 is 2.63 bits per heavy atom. The van der Waals surface area contributed by atoms with Gasteiger partial charge in [-0.1, -0.05) is 13.8 Å². The molecule has 0 aliphatic heterocycles. The summed E-state index contributed by atoms with van der Waals surface area (Å²) in [5.74, 6) is -0.236. The van der Waals surface area contributed by atoms with Crippen LogP contribution in [-0.2, 0) is 0 Å². The second-order valence-electron chi connectivity index (χ2n) is 5.19. The zero-order valence-corrected chi connectivity index (χ0v) is 12.4. The van der Waals surface area contributed by atoms with Gasteiger partial charge in [-0.2, -0.15) is 0 Å². The van der Waals surface area contributed by atoms with Gasteiger partial charge in [-0.3, -0.25) is 0 Å². The largest absolute Gasteiger partial charge is 0.394 e. The van der Waals surface area contributed by atoms with Crippen LogP contribution < -0.4 is 5.32 Å². The Morgan fingerprint density at radius 2 is 2.05 bits per heavy atom. The van der Waals surface area contributed by atoms with Gasteiger partial charge in [0.1, 0.15) is 11.6 Å². The molecule has 0 aromatic heterocycles. The number of halogens is 2. The molecule has 1 rings (SSSR count). The maximum Gasteiger partial charge on any atom is 0.136 e. The molecule has 2 nitrogen and oxygen atoms in total. The Balaban J connectivity index is 2.55. The molecule has 1 unspecified atom stereocenters. The minimum atomic E-state index is -0.436. The van der Waals surface area contributed by atoms with Crippen molar-refractivity contribution >= 4 is 11.8 Å². The number of thioether (sulfide) groups is 1. The van der Waals surface area contributed by atoms with Gasteiger partial charge in [0, 0.05) is 16.5 Å². The van der Waals surface area contributed by atoms with Crippen LogP contribution in [0.25, 0.3) is 0 Å². The van der Waals surface area contributed by atoms with Gasteiger partial charge in [0.25, 0.3) is 0 Å². The minimum Gasteiger partial charge on any atom is -0.394 e. The third-order valence-electron chi connectivity index (χ3n) is 2.79. The molecule has 1 aromatic rings. The van der Waals surface area contributed by atoms with Crippen molar-refractivity contribution < 1.29 is 13.9 Å². The highest BCUT2D eigenvalue weighted by Gasteiger charge is 2.23. The summed E-state index contributed by atoms with van der Waals surface area (Å²) in [5, 5.41) is 12.7. The highest BCUT2D eigenvalue weighted by atomic mass is 32.2. The SMILES string of the molecule is CC(C)NC(C)(CO)CCSc1cc(F)ccc1F. The van der Waals surface area contributed by atoms with E-state index in [-0.39, 0.29) is 12.6 Å². The summed E-state index contributed by atoms with van der Waals surface area (Å²) in [5.41, 5.74) is -0.398. The number of aliphatic hydroxyl groups excluding tert-OH is 1. The molecule has 0 spiro atoms. The highest BCUT2D eigenvalue weighted by molar-refractivity contribution is 7.99. The lowest BCUT2D eigenvalue weighted by Gasteiger charge is -2.31. The standard InChI is InChI=1S/C14H21F2NOS/c1-10(2)17-14(3,9-18)6-7-19-13-8-11(15)4-5-12(13)16/h4-5,8,10,17-18H,6-7,9H2,1-3H3. The zero-order chi connectivity index (χ0) is 14.5. The van der Waals surface area contributed by atoms with E-state index in [0.717, 1.165) is 12.1 Å². The van der Waals surface area contributed by atoms with Crippen LogP contribution in [0.15, 0.2) is 23.1 Å². The lowest BCUT2D eigenvalue weighted by atomic mass is 9.99. The Kier molecular flexibility index (Phi) is 6.23. The molecule has 0 bridgehead atoms. The molecule has 0 amide bonds. The first kappa shape index (κ1) is 16.4. The molecular formula is C14H21F2NOS. The molecule has 1 atom stereocenters. The van der Waals surface area contributed by atoms with Gasteiger partial charge in [0.15, 0.2) is 0 Å². The third-order valence-corrected chi connectivity index (χ3v) is 3.82. The number of hydrogen-bond donors (Lipinski definition) is 2. The van der Waals surface area contributed by atoms with Crippen molar-refractivity contribution in [3.8, 4) is 0 Å². The monoisotopic (exact) mass is 289 g/mol. The van der Waals surface area contributed by atoms with Crippen LogP contribution in [0.2, 0.25) is 0 Å². The molecule has 0 heterocycles. The molecule has 0 saturated carbocycles. The quantitative estimate of drug-likeness (QED) is 0.756. The summed E-state index contributed by atoms with van der Waals surface area (Å²) in [7, 11) is 0. The van der Waals surface area contributed by atoms with E-state index < -0.39 is 17.2 Å². The van der Waals surface area contributed by atoms with Gasteiger partial charge in [0.2, 0.25) is 0 Å². The van der Waals surface area contributed by atoms with Crippen molar-refractivity contribution in [1.29, 1.82) is 0 Å². The second-order valence-corrected chi connectivity index (χ2v) is 6.33. The second kappa shape index (κ2) is 7.22. The van der Waals surface area contributed by atoms with Crippen LogP contribution in [0.4, 0.5) is 8.78 Å². The van der Waals surface area contributed by atoms with Crippen molar-refractivity contribution in [1.82, 2.24) is 5.32 Å². The van der Waals surface area contributed by atoms with E-state index in [9.17, 15) is 13.9 Å². The molecule has 5 heteroatoms. The number of rotatable bonds is 7.